The van der Waals surface area contributed by atoms with Gasteiger partial charge in [-0.2, -0.15) is 0 Å². The van der Waals surface area contributed by atoms with Crippen LogP contribution in [0.1, 0.15) is 24.8 Å². The Bertz CT molecular complexity index is 387. The normalized spacial score (nSPS) is 16.9. The zero-order valence-corrected chi connectivity index (χ0v) is 10.9. The largest absolute Gasteiger partial charge is 0.355 e. The molecule has 0 spiro atoms. The van der Waals surface area contributed by atoms with E-state index < -0.39 is 0 Å². The molecule has 0 saturated heterocycles. The third-order valence-electron chi connectivity index (χ3n) is 3.73. The quantitative estimate of drug-likeness (QED) is 0.792. The molecule has 18 heavy (non-hydrogen) atoms. The predicted octanol–water partition coefficient (Wildman–Crippen LogP) is 1.13. The first-order valence-electron chi connectivity index (χ1n) is 6.59. The number of nitrogens with zero attached hydrogens (tertiary/aromatic N) is 1. The lowest BCUT2D eigenvalue weighted by Crippen LogP contribution is -2.51. The fraction of sp³-hybridized carbons (Fsp3) is 0.571. The van der Waals surface area contributed by atoms with Crippen LogP contribution < -0.4 is 10.6 Å². The van der Waals surface area contributed by atoms with Crippen LogP contribution in [0, 0.1) is 5.41 Å². The summed E-state index contributed by atoms with van der Waals surface area (Å²) in [6.07, 6.45) is 7.63. The molecule has 4 heteroatoms. The van der Waals surface area contributed by atoms with Crippen molar-refractivity contribution < 1.29 is 4.79 Å². The summed E-state index contributed by atoms with van der Waals surface area (Å²) >= 11 is 0. The zero-order valence-electron chi connectivity index (χ0n) is 10.9. The highest BCUT2D eigenvalue weighted by Gasteiger charge is 2.43. The van der Waals surface area contributed by atoms with Crippen LogP contribution in [0.2, 0.25) is 0 Å². The van der Waals surface area contributed by atoms with Gasteiger partial charge in [-0.25, -0.2) is 0 Å². The molecule has 1 fully saturated rings. The number of carbonyl (C=O) groups is 1. The van der Waals surface area contributed by atoms with Gasteiger partial charge in [0.25, 0.3) is 0 Å². The van der Waals surface area contributed by atoms with Crippen molar-refractivity contribution in [2.75, 3.05) is 20.1 Å². The summed E-state index contributed by atoms with van der Waals surface area (Å²) in [6.45, 7) is 1.47. The molecule has 1 saturated carbocycles. The molecule has 1 heterocycles. The van der Waals surface area contributed by atoms with E-state index in [4.69, 9.17) is 0 Å². The van der Waals surface area contributed by atoms with E-state index in [1.165, 1.54) is 0 Å². The topological polar surface area (TPSA) is 54.0 Å². The molecule has 98 valence electrons. The van der Waals surface area contributed by atoms with Gasteiger partial charge in [-0.15, -0.1) is 0 Å². The number of pyridine rings is 1. The summed E-state index contributed by atoms with van der Waals surface area (Å²) < 4.78 is 0. The minimum absolute atomic E-state index is 0.149. The molecule has 4 nitrogen and oxygen atoms in total. The van der Waals surface area contributed by atoms with Crippen LogP contribution in [0.25, 0.3) is 0 Å². The Morgan fingerprint density at radius 2 is 2.33 bits per heavy atom. The average Bonchev–Trinajstić information content (AvgIpc) is 2.35. The molecular weight excluding hydrogens is 226 g/mol. The molecule has 0 aromatic carbocycles. The average molecular weight is 247 g/mol. The molecule has 0 aliphatic heterocycles. The van der Waals surface area contributed by atoms with Crippen LogP contribution in [-0.2, 0) is 11.2 Å². The smallest absolute Gasteiger partial charge is 0.227 e. The Labute approximate surface area is 108 Å². The van der Waals surface area contributed by atoms with Gasteiger partial charge in [0.15, 0.2) is 0 Å². The van der Waals surface area contributed by atoms with Crippen LogP contribution >= 0.6 is 0 Å². The molecule has 1 aliphatic rings. The van der Waals surface area contributed by atoms with Crippen molar-refractivity contribution in [3.63, 3.8) is 0 Å². The van der Waals surface area contributed by atoms with E-state index in [2.05, 4.69) is 15.6 Å². The standard InChI is InChI=1S/C14H21N3O/c1-15-11-14(6-3-7-14)13(18)17-9-5-12-4-2-8-16-10-12/h2,4,8,10,15H,3,5-7,9,11H2,1H3,(H,17,18). The molecule has 2 rings (SSSR count). The predicted molar refractivity (Wildman–Crippen MR) is 71.2 cm³/mol. The fourth-order valence-electron chi connectivity index (χ4n) is 2.48. The van der Waals surface area contributed by atoms with Gasteiger partial charge in [0.2, 0.25) is 5.91 Å². The van der Waals surface area contributed by atoms with E-state index in [0.29, 0.717) is 6.54 Å². The van der Waals surface area contributed by atoms with E-state index in [1.54, 1.807) is 6.20 Å². The highest BCUT2D eigenvalue weighted by molar-refractivity contribution is 5.83. The molecule has 0 bridgehead atoms. The monoisotopic (exact) mass is 247 g/mol. The Hall–Kier alpha value is -1.42. The van der Waals surface area contributed by atoms with Gasteiger partial charge >= 0.3 is 0 Å². The highest BCUT2D eigenvalue weighted by Crippen LogP contribution is 2.40. The van der Waals surface area contributed by atoms with Gasteiger partial charge in [-0.05, 0) is 37.9 Å². The van der Waals surface area contributed by atoms with E-state index >= 15 is 0 Å². The first kappa shape index (κ1) is 13.0. The minimum atomic E-state index is -0.149. The zero-order chi connectivity index (χ0) is 12.8. The van der Waals surface area contributed by atoms with Gasteiger partial charge in [-0.3, -0.25) is 9.78 Å². The molecule has 1 aromatic rings. The lowest BCUT2D eigenvalue weighted by Gasteiger charge is -2.40. The van der Waals surface area contributed by atoms with Crippen LogP contribution in [0.15, 0.2) is 24.5 Å². The number of amides is 1. The van der Waals surface area contributed by atoms with Crippen molar-refractivity contribution in [2.24, 2.45) is 5.41 Å². The van der Waals surface area contributed by atoms with Gasteiger partial charge in [-0.1, -0.05) is 12.5 Å². The Kier molecular flexibility index (Phi) is 4.31. The number of hydrogen-bond acceptors (Lipinski definition) is 3. The molecule has 1 aliphatic carbocycles. The Morgan fingerprint density at radius 1 is 1.50 bits per heavy atom. The second-order valence-electron chi connectivity index (χ2n) is 5.03. The van der Waals surface area contributed by atoms with Crippen LogP contribution in [-0.4, -0.2) is 31.0 Å². The number of aromatic nitrogens is 1. The maximum absolute atomic E-state index is 12.2. The molecule has 0 unspecified atom stereocenters. The van der Waals surface area contributed by atoms with Crippen molar-refractivity contribution in [1.82, 2.24) is 15.6 Å². The van der Waals surface area contributed by atoms with Gasteiger partial charge in [0.05, 0.1) is 5.41 Å². The summed E-state index contributed by atoms with van der Waals surface area (Å²) in [4.78, 5) is 16.2. The van der Waals surface area contributed by atoms with Crippen LogP contribution in [0.4, 0.5) is 0 Å². The molecule has 0 atom stereocenters. The third kappa shape index (κ3) is 2.88. The summed E-state index contributed by atoms with van der Waals surface area (Å²) in [5, 5.41) is 6.18. The van der Waals surface area contributed by atoms with Crippen molar-refractivity contribution in [1.29, 1.82) is 0 Å². The Morgan fingerprint density at radius 3 is 2.89 bits per heavy atom. The maximum Gasteiger partial charge on any atom is 0.227 e. The van der Waals surface area contributed by atoms with E-state index in [-0.39, 0.29) is 11.3 Å². The first-order chi connectivity index (χ1) is 8.77. The van der Waals surface area contributed by atoms with E-state index in [1.807, 2.05) is 25.4 Å². The third-order valence-corrected chi connectivity index (χ3v) is 3.73. The van der Waals surface area contributed by atoms with Gasteiger partial charge < -0.3 is 10.6 Å². The first-order valence-corrected chi connectivity index (χ1v) is 6.59. The Balaban J connectivity index is 1.78. The molecular formula is C14H21N3O. The van der Waals surface area contributed by atoms with Crippen molar-refractivity contribution in [3.8, 4) is 0 Å². The number of rotatable bonds is 6. The van der Waals surface area contributed by atoms with Gasteiger partial charge in [0, 0.05) is 25.5 Å². The van der Waals surface area contributed by atoms with Crippen molar-refractivity contribution >= 4 is 5.91 Å². The van der Waals surface area contributed by atoms with E-state index in [9.17, 15) is 4.79 Å². The summed E-state index contributed by atoms with van der Waals surface area (Å²) in [5.74, 6) is 0.201. The second-order valence-corrected chi connectivity index (χ2v) is 5.03. The van der Waals surface area contributed by atoms with E-state index in [0.717, 1.165) is 37.8 Å². The molecule has 1 aromatic heterocycles. The molecule has 2 N–H and O–H groups in total. The van der Waals surface area contributed by atoms with Crippen molar-refractivity contribution in [3.05, 3.63) is 30.1 Å². The summed E-state index contributed by atoms with van der Waals surface area (Å²) in [6, 6.07) is 3.96. The lowest BCUT2D eigenvalue weighted by molar-refractivity contribution is -0.135. The van der Waals surface area contributed by atoms with Crippen molar-refractivity contribution in [2.45, 2.75) is 25.7 Å². The summed E-state index contributed by atoms with van der Waals surface area (Å²) in [7, 11) is 1.91. The van der Waals surface area contributed by atoms with Crippen LogP contribution in [0.5, 0.6) is 0 Å². The fourth-order valence-corrected chi connectivity index (χ4v) is 2.48. The summed E-state index contributed by atoms with van der Waals surface area (Å²) in [5.41, 5.74) is 1.01. The lowest BCUT2D eigenvalue weighted by atomic mass is 9.68. The SMILES string of the molecule is CNCC1(C(=O)NCCc2cccnc2)CCC1. The molecule has 1 amide bonds. The van der Waals surface area contributed by atoms with Crippen LogP contribution in [0.3, 0.4) is 0 Å². The van der Waals surface area contributed by atoms with Gasteiger partial charge in [0.1, 0.15) is 0 Å². The minimum Gasteiger partial charge on any atom is -0.355 e. The second kappa shape index (κ2) is 5.96. The molecule has 0 radical (unpaired) electrons. The number of carbonyl (C=O) groups excluding carboxylic acids is 1. The highest BCUT2D eigenvalue weighted by atomic mass is 16.2. The number of hydrogen-bond donors (Lipinski definition) is 2. The maximum atomic E-state index is 12.2. The number of nitrogens with one attached hydrogen (secondary N) is 2.